The molecule has 0 aromatic rings. The molecule has 0 aromatic carbocycles. The number of hydrogen-bond acceptors (Lipinski definition) is 3. The number of rotatable bonds is 4. The van der Waals surface area contributed by atoms with Gasteiger partial charge < -0.3 is 15.2 Å². The Labute approximate surface area is 67.7 Å². The fourth-order valence-electron chi connectivity index (χ4n) is 1.28. The van der Waals surface area contributed by atoms with Crippen LogP contribution in [0.2, 0.25) is 0 Å². The number of nitrogens with one attached hydrogen (secondary N) is 1. The monoisotopic (exact) mass is 159 g/mol. The smallest absolute Gasteiger partial charge is 0.0699 e. The second kappa shape index (κ2) is 5.52. The molecule has 1 heterocycles. The van der Waals surface area contributed by atoms with Crippen LogP contribution in [-0.2, 0) is 4.74 Å². The predicted molar refractivity (Wildman–Crippen MR) is 43.5 cm³/mol. The zero-order valence-electron chi connectivity index (χ0n) is 6.88. The first-order valence-electron chi connectivity index (χ1n) is 4.36. The minimum Gasteiger partial charge on any atom is -0.396 e. The topological polar surface area (TPSA) is 41.5 Å². The van der Waals surface area contributed by atoms with Gasteiger partial charge in [0.15, 0.2) is 0 Å². The summed E-state index contributed by atoms with van der Waals surface area (Å²) < 4.78 is 5.50. The third-order valence-electron chi connectivity index (χ3n) is 1.91. The molecule has 0 spiro atoms. The van der Waals surface area contributed by atoms with E-state index in [1.165, 1.54) is 12.8 Å². The summed E-state index contributed by atoms with van der Waals surface area (Å²) in [5, 5.41) is 11.8. The van der Waals surface area contributed by atoms with Gasteiger partial charge in [0.1, 0.15) is 0 Å². The average molecular weight is 159 g/mol. The fourth-order valence-corrected chi connectivity index (χ4v) is 1.28. The summed E-state index contributed by atoms with van der Waals surface area (Å²) in [6.07, 6.45) is 3.52. The van der Waals surface area contributed by atoms with Gasteiger partial charge in [-0.15, -0.1) is 0 Å². The molecule has 1 fully saturated rings. The molecule has 1 rings (SSSR count). The van der Waals surface area contributed by atoms with Crippen LogP contribution in [0.4, 0.5) is 0 Å². The Morgan fingerprint density at radius 1 is 1.55 bits per heavy atom. The van der Waals surface area contributed by atoms with Gasteiger partial charge in [-0.2, -0.15) is 0 Å². The molecular formula is C8H17NO2. The molecule has 1 unspecified atom stereocenters. The molecule has 3 nitrogen and oxygen atoms in total. The van der Waals surface area contributed by atoms with E-state index in [-0.39, 0.29) is 6.61 Å². The van der Waals surface area contributed by atoms with Crippen molar-refractivity contribution in [3.63, 3.8) is 0 Å². The van der Waals surface area contributed by atoms with Crippen LogP contribution in [0.25, 0.3) is 0 Å². The van der Waals surface area contributed by atoms with Crippen molar-refractivity contribution in [1.82, 2.24) is 5.32 Å². The van der Waals surface area contributed by atoms with Gasteiger partial charge in [0.25, 0.3) is 0 Å². The Bertz CT molecular complexity index is 92.1. The van der Waals surface area contributed by atoms with Crippen molar-refractivity contribution in [3.8, 4) is 0 Å². The Morgan fingerprint density at radius 2 is 2.45 bits per heavy atom. The van der Waals surface area contributed by atoms with Gasteiger partial charge in [0.2, 0.25) is 0 Å². The van der Waals surface area contributed by atoms with Gasteiger partial charge in [0, 0.05) is 19.8 Å². The first-order valence-corrected chi connectivity index (χ1v) is 4.36. The van der Waals surface area contributed by atoms with Gasteiger partial charge in [-0.05, 0) is 25.8 Å². The van der Waals surface area contributed by atoms with E-state index in [0.717, 1.165) is 19.5 Å². The summed E-state index contributed by atoms with van der Waals surface area (Å²) in [4.78, 5) is 0. The van der Waals surface area contributed by atoms with Crippen molar-refractivity contribution in [2.75, 3.05) is 26.3 Å². The van der Waals surface area contributed by atoms with Crippen LogP contribution in [0.3, 0.4) is 0 Å². The highest BCUT2D eigenvalue weighted by Crippen LogP contribution is 2.05. The van der Waals surface area contributed by atoms with E-state index < -0.39 is 0 Å². The molecule has 0 bridgehead atoms. The van der Waals surface area contributed by atoms with Gasteiger partial charge in [0.05, 0.1) is 6.10 Å². The highest BCUT2D eigenvalue weighted by Gasteiger charge is 2.11. The highest BCUT2D eigenvalue weighted by molar-refractivity contribution is 4.68. The van der Waals surface area contributed by atoms with Crippen LogP contribution >= 0.6 is 0 Å². The summed E-state index contributed by atoms with van der Waals surface area (Å²) in [5.74, 6) is 0. The summed E-state index contributed by atoms with van der Waals surface area (Å²) >= 11 is 0. The zero-order valence-corrected chi connectivity index (χ0v) is 6.88. The van der Waals surface area contributed by atoms with Crippen molar-refractivity contribution >= 4 is 0 Å². The molecule has 1 aliphatic heterocycles. The van der Waals surface area contributed by atoms with Crippen LogP contribution < -0.4 is 5.32 Å². The molecule has 11 heavy (non-hydrogen) atoms. The Hall–Kier alpha value is -0.120. The maximum Gasteiger partial charge on any atom is 0.0699 e. The fraction of sp³-hybridized carbons (Fsp3) is 1.00. The molecule has 0 amide bonds. The average Bonchev–Trinajstić information content (AvgIpc) is 2.07. The lowest BCUT2D eigenvalue weighted by Gasteiger charge is -2.22. The van der Waals surface area contributed by atoms with Gasteiger partial charge >= 0.3 is 0 Å². The van der Waals surface area contributed by atoms with Crippen LogP contribution in [0.15, 0.2) is 0 Å². The van der Waals surface area contributed by atoms with Crippen molar-refractivity contribution in [2.24, 2.45) is 0 Å². The second-order valence-corrected chi connectivity index (χ2v) is 2.92. The molecule has 0 saturated carbocycles. The van der Waals surface area contributed by atoms with E-state index in [2.05, 4.69) is 5.32 Å². The minimum absolute atomic E-state index is 0.236. The van der Waals surface area contributed by atoms with Crippen molar-refractivity contribution in [3.05, 3.63) is 0 Å². The Morgan fingerprint density at radius 3 is 3.09 bits per heavy atom. The minimum atomic E-state index is 0.236. The van der Waals surface area contributed by atoms with Crippen molar-refractivity contribution < 1.29 is 9.84 Å². The van der Waals surface area contributed by atoms with Crippen molar-refractivity contribution in [2.45, 2.75) is 25.4 Å². The summed E-state index contributed by atoms with van der Waals surface area (Å²) in [7, 11) is 0. The van der Waals surface area contributed by atoms with E-state index in [9.17, 15) is 0 Å². The molecule has 1 saturated heterocycles. The molecule has 1 atom stereocenters. The van der Waals surface area contributed by atoms with Crippen molar-refractivity contribution in [1.29, 1.82) is 0 Å². The normalized spacial score (nSPS) is 25.4. The van der Waals surface area contributed by atoms with Crippen LogP contribution in [0.1, 0.15) is 19.3 Å². The third kappa shape index (κ3) is 3.70. The lowest BCUT2D eigenvalue weighted by Crippen LogP contribution is -2.35. The highest BCUT2D eigenvalue weighted by atomic mass is 16.5. The standard InChI is InChI=1S/C8H17NO2/c10-5-2-6-11-8-3-1-4-9-7-8/h8-10H,1-7H2. The zero-order chi connectivity index (χ0) is 7.94. The molecule has 0 radical (unpaired) electrons. The molecular weight excluding hydrogens is 142 g/mol. The van der Waals surface area contributed by atoms with E-state index in [1.54, 1.807) is 0 Å². The number of ether oxygens (including phenoxy) is 1. The lowest BCUT2D eigenvalue weighted by atomic mass is 10.1. The van der Waals surface area contributed by atoms with E-state index in [1.807, 2.05) is 0 Å². The molecule has 0 aromatic heterocycles. The maximum absolute atomic E-state index is 8.50. The first-order chi connectivity index (χ1) is 5.43. The third-order valence-corrected chi connectivity index (χ3v) is 1.91. The van der Waals surface area contributed by atoms with Gasteiger partial charge in [-0.1, -0.05) is 0 Å². The van der Waals surface area contributed by atoms with E-state index >= 15 is 0 Å². The van der Waals surface area contributed by atoms with E-state index in [4.69, 9.17) is 9.84 Å². The van der Waals surface area contributed by atoms with E-state index in [0.29, 0.717) is 12.7 Å². The quantitative estimate of drug-likeness (QED) is 0.573. The maximum atomic E-state index is 8.50. The molecule has 3 heteroatoms. The molecule has 66 valence electrons. The molecule has 1 aliphatic rings. The number of aliphatic hydroxyl groups is 1. The van der Waals surface area contributed by atoms with Gasteiger partial charge in [-0.25, -0.2) is 0 Å². The summed E-state index contributed by atoms with van der Waals surface area (Å²) in [6, 6.07) is 0. The summed E-state index contributed by atoms with van der Waals surface area (Å²) in [6.45, 7) is 3.04. The number of hydrogen-bond donors (Lipinski definition) is 2. The Balaban J connectivity index is 1.96. The number of piperidine rings is 1. The molecule has 0 aliphatic carbocycles. The number of aliphatic hydroxyl groups excluding tert-OH is 1. The second-order valence-electron chi connectivity index (χ2n) is 2.92. The first kappa shape index (κ1) is 8.97. The Kier molecular flexibility index (Phi) is 4.50. The molecule has 2 N–H and O–H groups in total. The predicted octanol–water partition coefficient (Wildman–Crippen LogP) is 0.137. The summed E-state index contributed by atoms with van der Waals surface area (Å²) in [5.41, 5.74) is 0. The van der Waals surface area contributed by atoms with Crippen LogP contribution in [-0.4, -0.2) is 37.5 Å². The SMILES string of the molecule is OCCCOC1CCCNC1. The lowest BCUT2D eigenvalue weighted by molar-refractivity contribution is 0.0295. The van der Waals surface area contributed by atoms with Gasteiger partial charge in [-0.3, -0.25) is 0 Å². The van der Waals surface area contributed by atoms with Crippen LogP contribution in [0.5, 0.6) is 0 Å². The largest absolute Gasteiger partial charge is 0.396 e. The van der Waals surface area contributed by atoms with Crippen LogP contribution in [0, 0.1) is 0 Å².